The Balaban J connectivity index is 2.20. The van der Waals surface area contributed by atoms with Gasteiger partial charge in [-0.3, -0.25) is 9.69 Å². The van der Waals surface area contributed by atoms with Crippen molar-refractivity contribution in [2.75, 3.05) is 33.8 Å². The summed E-state index contributed by atoms with van der Waals surface area (Å²) in [5, 5.41) is 0. The Morgan fingerprint density at radius 1 is 1.29 bits per heavy atom. The Kier molecular flexibility index (Phi) is 4.57. The molecule has 4 heteroatoms. The molecule has 116 valence electrons. The third kappa shape index (κ3) is 3.56. The standard InChI is InChI=1S/C17H26N2O2/c1-17(2,3)16(20)19-10-9-18(4)15(12-19)13-7-6-8-14(11-13)21-5/h6-8,11,15H,9-10,12H2,1-5H3. The number of carbonyl (C=O) groups excluding carboxylic acids is 1. The molecule has 2 rings (SSSR count). The first-order valence-corrected chi connectivity index (χ1v) is 7.46. The van der Waals surface area contributed by atoms with E-state index in [-0.39, 0.29) is 17.4 Å². The van der Waals surface area contributed by atoms with Crippen LogP contribution < -0.4 is 4.74 Å². The molecular weight excluding hydrogens is 264 g/mol. The van der Waals surface area contributed by atoms with Crippen LogP contribution in [-0.4, -0.2) is 49.5 Å². The van der Waals surface area contributed by atoms with Crippen molar-refractivity contribution < 1.29 is 9.53 Å². The second kappa shape index (κ2) is 6.06. The minimum absolute atomic E-state index is 0.222. The van der Waals surface area contributed by atoms with Gasteiger partial charge in [-0.2, -0.15) is 0 Å². The van der Waals surface area contributed by atoms with Crippen LogP contribution in [-0.2, 0) is 4.79 Å². The molecule has 1 heterocycles. The van der Waals surface area contributed by atoms with Gasteiger partial charge >= 0.3 is 0 Å². The van der Waals surface area contributed by atoms with Gasteiger partial charge in [0.1, 0.15) is 5.75 Å². The zero-order valence-electron chi connectivity index (χ0n) is 13.7. The molecule has 1 amide bonds. The molecule has 0 N–H and O–H groups in total. The maximum atomic E-state index is 12.5. The van der Waals surface area contributed by atoms with Crippen molar-refractivity contribution >= 4 is 5.91 Å². The van der Waals surface area contributed by atoms with E-state index in [1.165, 1.54) is 5.56 Å². The zero-order valence-corrected chi connectivity index (χ0v) is 13.7. The summed E-state index contributed by atoms with van der Waals surface area (Å²) in [7, 11) is 3.79. The maximum absolute atomic E-state index is 12.5. The van der Waals surface area contributed by atoms with Crippen LogP contribution in [0.15, 0.2) is 24.3 Å². The molecule has 0 aliphatic carbocycles. The molecule has 1 saturated heterocycles. The molecule has 1 aliphatic heterocycles. The molecule has 1 aromatic carbocycles. The molecule has 0 spiro atoms. The van der Waals surface area contributed by atoms with Crippen molar-refractivity contribution in [3.63, 3.8) is 0 Å². The monoisotopic (exact) mass is 290 g/mol. The van der Waals surface area contributed by atoms with Crippen LogP contribution in [0.1, 0.15) is 32.4 Å². The van der Waals surface area contributed by atoms with Gasteiger partial charge in [0.15, 0.2) is 0 Å². The lowest BCUT2D eigenvalue weighted by molar-refractivity contribution is -0.142. The molecule has 1 unspecified atom stereocenters. The predicted molar refractivity (Wildman–Crippen MR) is 84.4 cm³/mol. The largest absolute Gasteiger partial charge is 0.497 e. The van der Waals surface area contributed by atoms with Gasteiger partial charge in [-0.05, 0) is 24.7 Å². The van der Waals surface area contributed by atoms with Crippen molar-refractivity contribution in [1.29, 1.82) is 0 Å². The first-order valence-electron chi connectivity index (χ1n) is 7.46. The molecule has 1 fully saturated rings. The highest BCUT2D eigenvalue weighted by Gasteiger charge is 2.33. The van der Waals surface area contributed by atoms with Crippen LogP contribution in [0.5, 0.6) is 5.75 Å². The Morgan fingerprint density at radius 2 is 2.00 bits per heavy atom. The van der Waals surface area contributed by atoms with E-state index in [4.69, 9.17) is 4.74 Å². The fourth-order valence-corrected chi connectivity index (χ4v) is 2.74. The molecule has 0 bridgehead atoms. The van der Waals surface area contributed by atoms with Crippen molar-refractivity contribution in [3.8, 4) is 5.75 Å². The van der Waals surface area contributed by atoms with Gasteiger partial charge in [-0.1, -0.05) is 32.9 Å². The van der Waals surface area contributed by atoms with Gasteiger partial charge in [0.25, 0.3) is 0 Å². The van der Waals surface area contributed by atoms with Crippen molar-refractivity contribution in [3.05, 3.63) is 29.8 Å². The summed E-state index contributed by atoms with van der Waals surface area (Å²) in [6, 6.07) is 8.35. The van der Waals surface area contributed by atoms with E-state index in [2.05, 4.69) is 24.1 Å². The van der Waals surface area contributed by atoms with Crippen LogP contribution >= 0.6 is 0 Å². The number of methoxy groups -OCH3 is 1. The number of carbonyl (C=O) groups is 1. The highest BCUT2D eigenvalue weighted by atomic mass is 16.5. The van der Waals surface area contributed by atoms with Crippen LogP contribution in [0.3, 0.4) is 0 Å². The number of ether oxygens (including phenoxy) is 1. The lowest BCUT2D eigenvalue weighted by Gasteiger charge is -2.41. The molecule has 0 aromatic heterocycles. The minimum atomic E-state index is -0.325. The molecule has 1 aromatic rings. The normalized spacial score (nSPS) is 20.4. The average Bonchev–Trinajstić information content (AvgIpc) is 2.46. The lowest BCUT2D eigenvalue weighted by atomic mass is 9.93. The molecule has 4 nitrogen and oxygen atoms in total. The van der Waals surface area contributed by atoms with E-state index in [0.29, 0.717) is 0 Å². The Labute approximate surface area is 127 Å². The van der Waals surface area contributed by atoms with Crippen LogP contribution in [0.2, 0.25) is 0 Å². The molecule has 1 atom stereocenters. The van der Waals surface area contributed by atoms with E-state index in [9.17, 15) is 4.79 Å². The van der Waals surface area contributed by atoms with Gasteiger partial charge < -0.3 is 9.64 Å². The van der Waals surface area contributed by atoms with Crippen LogP contribution in [0.4, 0.5) is 0 Å². The second-order valence-electron chi connectivity index (χ2n) is 6.77. The molecule has 1 aliphatic rings. The van der Waals surface area contributed by atoms with Gasteiger partial charge in [0.2, 0.25) is 5.91 Å². The number of likely N-dealkylation sites (N-methyl/N-ethyl adjacent to an activating group) is 1. The number of nitrogens with zero attached hydrogens (tertiary/aromatic N) is 2. The number of rotatable bonds is 2. The summed E-state index contributed by atoms with van der Waals surface area (Å²) >= 11 is 0. The van der Waals surface area contributed by atoms with Crippen LogP contribution in [0.25, 0.3) is 0 Å². The number of piperazine rings is 1. The summed E-state index contributed by atoms with van der Waals surface area (Å²) in [4.78, 5) is 16.8. The topological polar surface area (TPSA) is 32.8 Å². The smallest absolute Gasteiger partial charge is 0.228 e. The van der Waals surface area contributed by atoms with E-state index < -0.39 is 0 Å². The SMILES string of the molecule is COc1cccc(C2CN(C(=O)C(C)(C)C)CCN2C)c1. The van der Waals surface area contributed by atoms with Crippen molar-refractivity contribution in [2.45, 2.75) is 26.8 Å². The summed E-state index contributed by atoms with van der Waals surface area (Å²) in [6.07, 6.45) is 0. The zero-order chi connectivity index (χ0) is 15.6. The number of hydrogen-bond donors (Lipinski definition) is 0. The minimum Gasteiger partial charge on any atom is -0.497 e. The van der Waals surface area contributed by atoms with E-state index in [0.717, 1.165) is 25.4 Å². The predicted octanol–water partition coefficient (Wildman–Crippen LogP) is 2.56. The van der Waals surface area contributed by atoms with E-state index >= 15 is 0 Å². The molecule has 21 heavy (non-hydrogen) atoms. The average molecular weight is 290 g/mol. The first-order chi connectivity index (χ1) is 9.82. The summed E-state index contributed by atoms with van der Waals surface area (Å²) < 4.78 is 5.31. The van der Waals surface area contributed by atoms with Crippen molar-refractivity contribution in [2.24, 2.45) is 5.41 Å². The number of amides is 1. The molecular formula is C17H26N2O2. The van der Waals surface area contributed by atoms with Gasteiger partial charge in [-0.25, -0.2) is 0 Å². The lowest BCUT2D eigenvalue weighted by Crippen LogP contribution is -2.51. The molecule has 0 saturated carbocycles. The third-order valence-corrected chi connectivity index (χ3v) is 4.06. The Morgan fingerprint density at radius 3 is 2.62 bits per heavy atom. The summed E-state index contributed by atoms with van der Waals surface area (Å²) in [5.74, 6) is 1.09. The number of benzene rings is 1. The third-order valence-electron chi connectivity index (χ3n) is 4.06. The Bertz CT molecular complexity index is 508. The maximum Gasteiger partial charge on any atom is 0.228 e. The fraction of sp³-hybridized carbons (Fsp3) is 0.588. The number of hydrogen-bond acceptors (Lipinski definition) is 3. The summed E-state index contributed by atoms with van der Waals surface area (Å²) in [5.41, 5.74) is 0.873. The van der Waals surface area contributed by atoms with Crippen molar-refractivity contribution in [1.82, 2.24) is 9.80 Å². The second-order valence-corrected chi connectivity index (χ2v) is 6.77. The van der Waals surface area contributed by atoms with Gasteiger partial charge in [-0.15, -0.1) is 0 Å². The van der Waals surface area contributed by atoms with Gasteiger partial charge in [0.05, 0.1) is 13.2 Å². The Hall–Kier alpha value is -1.55. The van der Waals surface area contributed by atoms with Crippen LogP contribution in [0, 0.1) is 5.41 Å². The highest BCUT2D eigenvalue weighted by Crippen LogP contribution is 2.29. The quantitative estimate of drug-likeness (QED) is 0.839. The van der Waals surface area contributed by atoms with E-state index in [1.54, 1.807) is 7.11 Å². The highest BCUT2D eigenvalue weighted by molar-refractivity contribution is 5.81. The molecule has 0 radical (unpaired) electrons. The first kappa shape index (κ1) is 15.8. The summed E-state index contributed by atoms with van der Waals surface area (Å²) in [6.45, 7) is 8.37. The fourth-order valence-electron chi connectivity index (χ4n) is 2.74. The van der Waals surface area contributed by atoms with E-state index in [1.807, 2.05) is 37.8 Å². The van der Waals surface area contributed by atoms with Gasteiger partial charge in [0, 0.05) is 25.0 Å².